The van der Waals surface area contributed by atoms with Crippen LogP contribution in [0.15, 0.2) is 30.3 Å². The molecule has 1 aliphatic carbocycles. The number of aliphatic hydroxyl groups excluding tert-OH is 1. The number of likely N-dealkylation sites (N-methyl/N-ethyl adjacent to an activating group) is 1. The monoisotopic (exact) mass is 292 g/mol. The zero-order valence-corrected chi connectivity index (χ0v) is 13.2. The fraction of sp³-hybridized carbons (Fsp3) is 0.647. The number of nitrogens with zero attached hydrogens (tertiary/aromatic N) is 1. The molecule has 2 rings (SSSR count). The average molecular weight is 292 g/mol. The highest BCUT2D eigenvalue weighted by Crippen LogP contribution is 2.29. The van der Waals surface area contributed by atoms with Gasteiger partial charge in [0.25, 0.3) is 0 Å². The van der Waals surface area contributed by atoms with E-state index in [9.17, 15) is 5.11 Å². The Kier molecular flexibility index (Phi) is 6.18. The van der Waals surface area contributed by atoms with Crippen LogP contribution in [0.3, 0.4) is 0 Å². The van der Waals surface area contributed by atoms with Crippen LogP contribution in [-0.2, 0) is 10.3 Å². The number of nitrogens with one attached hydrogen (secondary N) is 1. The molecule has 118 valence electrons. The number of aliphatic hydroxyl groups is 1. The first-order valence-corrected chi connectivity index (χ1v) is 7.90. The van der Waals surface area contributed by atoms with Gasteiger partial charge in [-0.15, -0.1) is 0 Å². The van der Waals surface area contributed by atoms with Crippen LogP contribution in [0, 0.1) is 0 Å². The van der Waals surface area contributed by atoms with Gasteiger partial charge >= 0.3 is 0 Å². The first-order chi connectivity index (χ1) is 10.2. The fourth-order valence-electron chi connectivity index (χ4n) is 2.69. The summed E-state index contributed by atoms with van der Waals surface area (Å²) in [5.41, 5.74) is 0.770. The molecule has 1 fully saturated rings. The van der Waals surface area contributed by atoms with E-state index >= 15 is 0 Å². The third-order valence-electron chi connectivity index (χ3n) is 4.02. The average Bonchev–Trinajstić information content (AvgIpc) is 3.31. The van der Waals surface area contributed by atoms with E-state index in [2.05, 4.69) is 29.4 Å². The van der Waals surface area contributed by atoms with Crippen molar-refractivity contribution in [3.63, 3.8) is 0 Å². The van der Waals surface area contributed by atoms with Crippen molar-refractivity contribution in [3.05, 3.63) is 35.9 Å². The first-order valence-electron chi connectivity index (χ1n) is 7.90. The standard InChI is InChI=1S/C17H28N2O2/c1-3-21-12-11-19(2)13-17(14-20,18-16-9-10-16)15-7-5-4-6-8-15/h4-8,16,18,20H,3,9-14H2,1-2H3. The largest absolute Gasteiger partial charge is 0.394 e. The lowest BCUT2D eigenvalue weighted by Gasteiger charge is -2.37. The molecule has 0 spiro atoms. The molecule has 1 aliphatic rings. The Balaban J connectivity index is 2.07. The Bertz CT molecular complexity index is 409. The maximum Gasteiger partial charge on any atom is 0.0799 e. The van der Waals surface area contributed by atoms with Gasteiger partial charge < -0.3 is 20.1 Å². The number of ether oxygens (including phenoxy) is 1. The van der Waals surface area contributed by atoms with Crippen molar-refractivity contribution in [2.45, 2.75) is 31.3 Å². The summed E-state index contributed by atoms with van der Waals surface area (Å²) in [6.45, 7) is 5.24. The Morgan fingerprint density at radius 3 is 2.62 bits per heavy atom. The lowest BCUT2D eigenvalue weighted by atomic mass is 9.89. The van der Waals surface area contributed by atoms with Crippen molar-refractivity contribution < 1.29 is 9.84 Å². The fourth-order valence-corrected chi connectivity index (χ4v) is 2.69. The summed E-state index contributed by atoms with van der Waals surface area (Å²) in [6, 6.07) is 10.8. The molecule has 0 bridgehead atoms. The molecule has 0 aliphatic heterocycles. The second kappa shape index (κ2) is 7.90. The van der Waals surface area contributed by atoms with Gasteiger partial charge in [0.2, 0.25) is 0 Å². The van der Waals surface area contributed by atoms with Gasteiger partial charge in [-0.05, 0) is 32.4 Å². The molecular weight excluding hydrogens is 264 g/mol. The van der Waals surface area contributed by atoms with E-state index in [1.54, 1.807) is 0 Å². The smallest absolute Gasteiger partial charge is 0.0799 e. The minimum absolute atomic E-state index is 0.104. The highest BCUT2D eigenvalue weighted by Gasteiger charge is 2.38. The first kappa shape index (κ1) is 16.4. The molecule has 4 heteroatoms. The zero-order valence-electron chi connectivity index (χ0n) is 13.2. The SMILES string of the molecule is CCOCCN(C)CC(CO)(NC1CC1)c1ccccc1. The van der Waals surface area contributed by atoms with E-state index in [1.807, 2.05) is 25.1 Å². The van der Waals surface area contributed by atoms with Gasteiger partial charge in [-0.2, -0.15) is 0 Å². The molecule has 1 unspecified atom stereocenters. The summed E-state index contributed by atoms with van der Waals surface area (Å²) in [7, 11) is 2.08. The van der Waals surface area contributed by atoms with Crippen LogP contribution in [0.2, 0.25) is 0 Å². The van der Waals surface area contributed by atoms with Crippen molar-refractivity contribution >= 4 is 0 Å². The minimum Gasteiger partial charge on any atom is -0.394 e. The van der Waals surface area contributed by atoms with Gasteiger partial charge in [-0.3, -0.25) is 0 Å². The summed E-state index contributed by atoms with van der Waals surface area (Å²) in [6.07, 6.45) is 2.41. The molecule has 0 heterocycles. The summed E-state index contributed by atoms with van der Waals surface area (Å²) >= 11 is 0. The molecule has 0 aromatic heterocycles. The Hall–Kier alpha value is -0.940. The van der Waals surface area contributed by atoms with Crippen molar-refractivity contribution in [1.82, 2.24) is 10.2 Å². The van der Waals surface area contributed by atoms with E-state index in [0.717, 1.165) is 31.9 Å². The predicted molar refractivity (Wildman–Crippen MR) is 85.4 cm³/mol. The molecular formula is C17H28N2O2. The summed E-state index contributed by atoms with van der Waals surface area (Å²) < 4.78 is 5.43. The Labute approximate surface area is 128 Å². The molecule has 1 aromatic rings. The van der Waals surface area contributed by atoms with E-state index in [-0.39, 0.29) is 12.1 Å². The maximum atomic E-state index is 10.1. The lowest BCUT2D eigenvalue weighted by molar-refractivity contribution is 0.0849. The third kappa shape index (κ3) is 4.78. The van der Waals surface area contributed by atoms with Gasteiger partial charge in [0.15, 0.2) is 0 Å². The summed E-state index contributed by atoms with van der Waals surface area (Å²) in [4.78, 5) is 2.23. The van der Waals surface area contributed by atoms with Gasteiger partial charge in [-0.25, -0.2) is 0 Å². The molecule has 1 aromatic carbocycles. The lowest BCUT2D eigenvalue weighted by Crippen LogP contribution is -2.54. The van der Waals surface area contributed by atoms with Crippen LogP contribution in [0.5, 0.6) is 0 Å². The van der Waals surface area contributed by atoms with Crippen LogP contribution in [0.25, 0.3) is 0 Å². The van der Waals surface area contributed by atoms with Crippen molar-refractivity contribution in [2.75, 3.05) is 40.0 Å². The molecule has 0 radical (unpaired) electrons. The van der Waals surface area contributed by atoms with Crippen molar-refractivity contribution in [3.8, 4) is 0 Å². The Morgan fingerprint density at radius 1 is 1.33 bits per heavy atom. The summed E-state index contributed by atoms with van der Waals surface area (Å²) in [5.74, 6) is 0. The maximum absolute atomic E-state index is 10.1. The van der Waals surface area contributed by atoms with Crippen LogP contribution in [-0.4, -0.2) is 56.0 Å². The molecule has 1 saturated carbocycles. The second-order valence-corrected chi connectivity index (χ2v) is 5.96. The normalized spacial score (nSPS) is 17.9. The van der Waals surface area contributed by atoms with Crippen molar-refractivity contribution in [2.24, 2.45) is 0 Å². The third-order valence-corrected chi connectivity index (χ3v) is 4.02. The van der Waals surface area contributed by atoms with E-state index in [4.69, 9.17) is 4.74 Å². The second-order valence-electron chi connectivity index (χ2n) is 5.96. The van der Waals surface area contributed by atoms with Crippen LogP contribution < -0.4 is 5.32 Å². The van der Waals surface area contributed by atoms with Gasteiger partial charge in [0.1, 0.15) is 0 Å². The van der Waals surface area contributed by atoms with Gasteiger partial charge in [0.05, 0.1) is 18.8 Å². The quantitative estimate of drug-likeness (QED) is 0.643. The highest BCUT2D eigenvalue weighted by atomic mass is 16.5. The minimum atomic E-state index is -0.386. The highest BCUT2D eigenvalue weighted by molar-refractivity contribution is 5.26. The number of hydrogen-bond donors (Lipinski definition) is 2. The summed E-state index contributed by atoms with van der Waals surface area (Å²) in [5, 5.41) is 13.8. The topological polar surface area (TPSA) is 44.7 Å². The molecule has 0 amide bonds. The van der Waals surface area contributed by atoms with E-state index in [1.165, 1.54) is 12.8 Å². The van der Waals surface area contributed by atoms with Crippen LogP contribution in [0.4, 0.5) is 0 Å². The molecule has 1 atom stereocenters. The zero-order chi connectivity index (χ0) is 15.1. The molecule has 0 saturated heterocycles. The number of benzene rings is 1. The molecule has 2 N–H and O–H groups in total. The van der Waals surface area contributed by atoms with Crippen LogP contribution >= 0.6 is 0 Å². The van der Waals surface area contributed by atoms with Crippen molar-refractivity contribution in [1.29, 1.82) is 0 Å². The van der Waals surface area contributed by atoms with Gasteiger partial charge in [0, 0.05) is 25.7 Å². The number of rotatable bonds is 10. The van der Waals surface area contributed by atoms with E-state index < -0.39 is 0 Å². The Morgan fingerprint density at radius 2 is 2.05 bits per heavy atom. The van der Waals surface area contributed by atoms with Crippen LogP contribution in [0.1, 0.15) is 25.3 Å². The van der Waals surface area contributed by atoms with E-state index in [0.29, 0.717) is 6.04 Å². The van der Waals surface area contributed by atoms with Gasteiger partial charge in [-0.1, -0.05) is 30.3 Å². The number of hydrogen-bond acceptors (Lipinski definition) is 4. The molecule has 21 heavy (non-hydrogen) atoms. The predicted octanol–water partition coefficient (Wildman–Crippen LogP) is 1.59. The molecule has 4 nitrogen and oxygen atoms in total.